The van der Waals surface area contributed by atoms with Crippen molar-refractivity contribution in [1.29, 1.82) is 0 Å². The standard InChI is InChI=1S/C13H15F3N2O2S.ClH/c14-13(15,16)11-2-1-3-12(4-11)21(19,20)18-7-9-5-17-6-10(9)8-18;/h1-4,9-10,17H,5-8H2;1H/t9-,10+;. The summed E-state index contributed by atoms with van der Waals surface area (Å²) in [4.78, 5) is -0.287. The summed E-state index contributed by atoms with van der Waals surface area (Å²) in [5.74, 6) is 0.510. The molecule has 0 spiro atoms. The van der Waals surface area contributed by atoms with Crippen molar-refractivity contribution < 1.29 is 21.6 Å². The van der Waals surface area contributed by atoms with Gasteiger partial charge in [-0.05, 0) is 43.1 Å². The van der Waals surface area contributed by atoms with Gasteiger partial charge in [0.1, 0.15) is 0 Å². The van der Waals surface area contributed by atoms with Gasteiger partial charge in [-0.1, -0.05) is 6.07 Å². The van der Waals surface area contributed by atoms with Gasteiger partial charge in [-0.2, -0.15) is 17.5 Å². The molecule has 2 heterocycles. The van der Waals surface area contributed by atoms with Crippen LogP contribution in [0.25, 0.3) is 0 Å². The molecule has 0 aromatic heterocycles. The highest BCUT2D eigenvalue weighted by atomic mass is 35.5. The third-order valence-corrected chi connectivity index (χ3v) is 5.98. The molecule has 0 unspecified atom stereocenters. The first-order valence-corrected chi connectivity index (χ1v) is 8.10. The molecule has 1 aromatic carbocycles. The van der Waals surface area contributed by atoms with Crippen molar-refractivity contribution in [3.63, 3.8) is 0 Å². The van der Waals surface area contributed by atoms with Crippen LogP contribution in [-0.4, -0.2) is 38.9 Å². The molecule has 2 aliphatic rings. The number of alkyl halides is 3. The number of nitrogens with one attached hydrogen (secondary N) is 1. The lowest BCUT2D eigenvalue weighted by Crippen LogP contribution is -2.32. The summed E-state index contributed by atoms with van der Waals surface area (Å²) < 4.78 is 64.4. The normalized spacial score (nSPS) is 25.8. The molecular formula is C13H16ClF3N2O2S. The Morgan fingerprint density at radius 1 is 1.14 bits per heavy atom. The Morgan fingerprint density at radius 3 is 2.27 bits per heavy atom. The maximum absolute atomic E-state index is 12.7. The quantitative estimate of drug-likeness (QED) is 0.881. The number of benzene rings is 1. The maximum atomic E-state index is 12.7. The first-order chi connectivity index (χ1) is 9.78. The van der Waals surface area contributed by atoms with E-state index in [2.05, 4.69) is 5.32 Å². The molecule has 0 bridgehead atoms. The largest absolute Gasteiger partial charge is 0.416 e. The molecule has 2 aliphatic heterocycles. The van der Waals surface area contributed by atoms with E-state index >= 15 is 0 Å². The Balaban J connectivity index is 0.00000176. The zero-order valence-electron chi connectivity index (χ0n) is 11.5. The Hall–Kier alpha value is -0.830. The summed E-state index contributed by atoms with van der Waals surface area (Å²) in [6.45, 7) is 2.27. The number of hydrogen-bond acceptors (Lipinski definition) is 3. The number of halogens is 4. The molecule has 2 saturated heterocycles. The summed E-state index contributed by atoms with van der Waals surface area (Å²) in [5.41, 5.74) is -0.940. The number of hydrogen-bond donors (Lipinski definition) is 1. The molecule has 3 rings (SSSR count). The van der Waals surface area contributed by atoms with E-state index in [-0.39, 0.29) is 29.1 Å². The Labute approximate surface area is 133 Å². The van der Waals surface area contributed by atoms with E-state index in [4.69, 9.17) is 0 Å². The number of rotatable bonds is 2. The van der Waals surface area contributed by atoms with Crippen LogP contribution in [-0.2, 0) is 16.2 Å². The summed E-state index contributed by atoms with van der Waals surface area (Å²) in [6.07, 6.45) is -4.54. The van der Waals surface area contributed by atoms with E-state index in [0.717, 1.165) is 25.2 Å². The molecule has 2 atom stereocenters. The molecule has 124 valence electrons. The van der Waals surface area contributed by atoms with E-state index in [1.807, 2.05) is 0 Å². The first-order valence-electron chi connectivity index (χ1n) is 6.66. The van der Waals surface area contributed by atoms with Gasteiger partial charge in [-0.15, -0.1) is 12.4 Å². The average Bonchev–Trinajstić information content (AvgIpc) is 2.98. The van der Waals surface area contributed by atoms with Crippen molar-refractivity contribution in [2.45, 2.75) is 11.1 Å². The second-order valence-corrected chi connectivity index (χ2v) is 7.46. The highest BCUT2D eigenvalue weighted by Crippen LogP contribution is 2.34. The summed E-state index contributed by atoms with van der Waals surface area (Å²) in [5, 5.41) is 3.19. The van der Waals surface area contributed by atoms with E-state index in [1.54, 1.807) is 0 Å². The fourth-order valence-corrected chi connectivity index (χ4v) is 4.59. The van der Waals surface area contributed by atoms with Crippen molar-refractivity contribution in [3.8, 4) is 0 Å². The van der Waals surface area contributed by atoms with Crippen LogP contribution in [0.2, 0.25) is 0 Å². The van der Waals surface area contributed by atoms with Gasteiger partial charge in [-0.3, -0.25) is 0 Å². The molecule has 22 heavy (non-hydrogen) atoms. The predicted octanol–water partition coefficient (Wildman–Crippen LogP) is 1.97. The zero-order valence-corrected chi connectivity index (χ0v) is 13.1. The second kappa shape index (κ2) is 5.99. The van der Waals surface area contributed by atoms with Crippen LogP contribution >= 0.6 is 12.4 Å². The third kappa shape index (κ3) is 3.10. The minimum absolute atomic E-state index is 0. The predicted molar refractivity (Wildman–Crippen MR) is 77.3 cm³/mol. The monoisotopic (exact) mass is 356 g/mol. The van der Waals surface area contributed by atoms with Crippen molar-refractivity contribution in [2.75, 3.05) is 26.2 Å². The van der Waals surface area contributed by atoms with Gasteiger partial charge >= 0.3 is 6.18 Å². The van der Waals surface area contributed by atoms with Gasteiger partial charge in [0.2, 0.25) is 10.0 Å². The molecule has 2 fully saturated rings. The van der Waals surface area contributed by atoms with Crippen molar-refractivity contribution in [1.82, 2.24) is 9.62 Å². The summed E-state index contributed by atoms with van der Waals surface area (Å²) in [7, 11) is -3.86. The molecular weight excluding hydrogens is 341 g/mol. The van der Waals surface area contributed by atoms with Gasteiger partial charge in [0.15, 0.2) is 0 Å². The molecule has 0 aliphatic carbocycles. The molecule has 0 amide bonds. The van der Waals surface area contributed by atoms with E-state index in [1.165, 1.54) is 10.4 Å². The zero-order chi connectivity index (χ0) is 15.3. The molecule has 9 heteroatoms. The number of fused-ring (bicyclic) bond motifs is 1. The minimum atomic E-state index is -4.54. The van der Waals surface area contributed by atoms with Crippen LogP contribution in [0.1, 0.15) is 5.56 Å². The lowest BCUT2D eigenvalue weighted by atomic mass is 10.0. The maximum Gasteiger partial charge on any atom is 0.416 e. The second-order valence-electron chi connectivity index (χ2n) is 5.53. The van der Waals surface area contributed by atoms with Crippen LogP contribution in [0.3, 0.4) is 0 Å². The van der Waals surface area contributed by atoms with Gasteiger partial charge in [0, 0.05) is 13.1 Å². The van der Waals surface area contributed by atoms with Crippen LogP contribution in [0.4, 0.5) is 13.2 Å². The van der Waals surface area contributed by atoms with Gasteiger partial charge in [0.25, 0.3) is 0 Å². The fraction of sp³-hybridized carbons (Fsp3) is 0.538. The van der Waals surface area contributed by atoms with Gasteiger partial charge in [-0.25, -0.2) is 8.42 Å². The molecule has 1 aromatic rings. The Kier molecular flexibility index (Phi) is 4.77. The summed E-state index contributed by atoms with van der Waals surface area (Å²) in [6, 6.07) is 3.94. The third-order valence-electron chi connectivity index (χ3n) is 4.16. The number of sulfonamides is 1. The van der Waals surface area contributed by atoms with Gasteiger partial charge in [0.05, 0.1) is 10.5 Å². The Bertz CT molecular complexity index is 639. The van der Waals surface area contributed by atoms with Gasteiger partial charge < -0.3 is 5.32 Å². The van der Waals surface area contributed by atoms with Crippen LogP contribution in [0.5, 0.6) is 0 Å². The highest BCUT2D eigenvalue weighted by molar-refractivity contribution is 7.89. The number of nitrogens with zero attached hydrogens (tertiary/aromatic N) is 1. The molecule has 0 saturated carbocycles. The van der Waals surface area contributed by atoms with Crippen molar-refractivity contribution in [3.05, 3.63) is 29.8 Å². The summed E-state index contributed by atoms with van der Waals surface area (Å²) >= 11 is 0. The van der Waals surface area contributed by atoms with Crippen molar-refractivity contribution >= 4 is 22.4 Å². The van der Waals surface area contributed by atoms with Crippen LogP contribution in [0, 0.1) is 11.8 Å². The first kappa shape index (κ1) is 17.5. The van der Waals surface area contributed by atoms with Crippen LogP contribution in [0.15, 0.2) is 29.2 Å². The van der Waals surface area contributed by atoms with E-state index < -0.39 is 21.8 Å². The molecule has 1 N–H and O–H groups in total. The van der Waals surface area contributed by atoms with Crippen LogP contribution < -0.4 is 5.32 Å². The average molecular weight is 357 g/mol. The smallest absolute Gasteiger partial charge is 0.316 e. The Morgan fingerprint density at radius 2 is 1.73 bits per heavy atom. The van der Waals surface area contributed by atoms with E-state index in [0.29, 0.717) is 19.2 Å². The van der Waals surface area contributed by atoms with E-state index in [9.17, 15) is 21.6 Å². The topological polar surface area (TPSA) is 49.4 Å². The minimum Gasteiger partial charge on any atom is -0.316 e. The fourth-order valence-electron chi connectivity index (χ4n) is 2.99. The molecule has 0 radical (unpaired) electrons. The lowest BCUT2D eigenvalue weighted by molar-refractivity contribution is -0.137. The SMILES string of the molecule is Cl.O=S(=O)(c1cccc(C(F)(F)F)c1)N1C[C@H]2CNC[C@H]2C1. The molecule has 4 nitrogen and oxygen atoms in total. The highest BCUT2D eigenvalue weighted by Gasteiger charge is 2.42. The lowest BCUT2D eigenvalue weighted by Gasteiger charge is -2.18. The van der Waals surface area contributed by atoms with Crippen molar-refractivity contribution in [2.24, 2.45) is 11.8 Å².